The van der Waals surface area contributed by atoms with Crippen molar-refractivity contribution in [1.82, 2.24) is 15.7 Å². The van der Waals surface area contributed by atoms with Gasteiger partial charge in [0, 0.05) is 50.1 Å². The number of nitrogens with one attached hydrogen (secondary N) is 3. The second-order valence-electron chi connectivity index (χ2n) is 12.9. The Labute approximate surface area is 335 Å². The summed E-state index contributed by atoms with van der Waals surface area (Å²) < 4.78 is 85.6. The molecule has 1 saturated heterocycles. The minimum atomic E-state index is -5.84. The summed E-state index contributed by atoms with van der Waals surface area (Å²) in [7, 11) is -15.0. The molecular weight excluding hydrogens is 853 g/mol. The molecule has 7 N–H and O–H groups in total. The molecule has 6 atom stereocenters. The molecule has 2 radical (unpaired) electrons. The predicted molar refractivity (Wildman–Crippen MR) is 207 cm³/mol. The molecule has 2 amide bonds. The Balaban J connectivity index is 1.14. The molecule has 4 unspecified atom stereocenters. The van der Waals surface area contributed by atoms with E-state index in [0.29, 0.717) is 81.4 Å². The van der Waals surface area contributed by atoms with Crippen LogP contribution in [0, 0.1) is 0 Å². The lowest BCUT2D eigenvalue weighted by molar-refractivity contribution is -0.122. The van der Waals surface area contributed by atoms with Crippen LogP contribution in [0.4, 0.5) is 0 Å². The number of rotatable bonds is 29. The molecule has 2 aromatic rings. The van der Waals surface area contributed by atoms with E-state index in [4.69, 9.17) is 26.5 Å². The Kier molecular flexibility index (Phi) is 20.9. The van der Waals surface area contributed by atoms with E-state index in [1.165, 1.54) is 13.2 Å². The van der Waals surface area contributed by atoms with Gasteiger partial charge in [-0.25, -0.2) is 28.1 Å². The lowest BCUT2D eigenvalue weighted by atomic mass is 9.97. The first-order valence-corrected chi connectivity index (χ1v) is 24.4. The quantitative estimate of drug-likeness (QED) is 0.0263. The van der Waals surface area contributed by atoms with Crippen LogP contribution in [0.15, 0.2) is 33.5 Å². The van der Waals surface area contributed by atoms with E-state index in [2.05, 4.69) is 28.1 Å². The molecular formula is C31H50BN3O19P4. The Hall–Kier alpha value is -2.29. The molecule has 1 aliphatic rings. The van der Waals surface area contributed by atoms with Crippen molar-refractivity contribution in [3.05, 3.63) is 40.2 Å². The van der Waals surface area contributed by atoms with E-state index < -0.39 is 61.5 Å². The second-order valence-corrected chi connectivity index (χ2v) is 19.3. The van der Waals surface area contributed by atoms with Crippen LogP contribution in [-0.2, 0) is 50.0 Å². The number of ether oxygens (including phenoxy) is 3. The number of phosphoric ester groups is 1. The van der Waals surface area contributed by atoms with Gasteiger partial charge in [-0.05, 0) is 63.1 Å². The molecule has 1 aromatic carbocycles. The lowest BCUT2D eigenvalue weighted by Gasteiger charge is -2.20. The molecule has 1 fully saturated rings. The summed E-state index contributed by atoms with van der Waals surface area (Å²) in [6.45, 7) is 0.759. The number of hydrogen-bond acceptors (Lipinski definition) is 15. The van der Waals surface area contributed by atoms with Crippen molar-refractivity contribution in [3.63, 3.8) is 0 Å². The number of carbonyl (C=O) groups excluding carboxylic acids is 2. The number of hydrogen-bond donors (Lipinski definition) is 7. The van der Waals surface area contributed by atoms with E-state index >= 15 is 0 Å². The van der Waals surface area contributed by atoms with E-state index in [1.54, 1.807) is 18.2 Å². The zero-order valence-electron chi connectivity index (χ0n) is 31.8. The summed E-state index contributed by atoms with van der Waals surface area (Å²) in [5.74, 6) is -0.159. The van der Waals surface area contributed by atoms with E-state index in [0.717, 1.165) is 19.3 Å². The number of unbranched alkanes of at least 4 members (excludes halogenated alkanes) is 6. The zero-order chi connectivity index (χ0) is 42.8. The molecule has 1 aliphatic heterocycles. The number of methoxy groups -OCH3 is 1. The maximum absolute atomic E-state index is 12.5. The minimum Gasteiger partial charge on any atom is -0.497 e. The fourth-order valence-corrected chi connectivity index (χ4v) is 10.5. The summed E-state index contributed by atoms with van der Waals surface area (Å²) in [6.07, 6.45) is 5.38. The first-order chi connectivity index (χ1) is 27.3. The van der Waals surface area contributed by atoms with E-state index in [-0.39, 0.29) is 31.0 Å². The molecule has 22 nitrogen and oxygen atoms in total. The summed E-state index contributed by atoms with van der Waals surface area (Å²) >= 11 is 0. The van der Waals surface area contributed by atoms with Crippen LogP contribution in [-0.4, -0.2) is 97.9 Å². The summed E-state index contributed by atoms with van der Waals surface area (Å²) in [5, 5.41) is 8.10. The highest BCUT2D eigenvalue weighted by Crippen LogP contribution is 2.70. The highest BCUT2D eigenvalue weighted by Gasteiger charge is 2.45. The lowest BCUT2D eigenvalue weighted by Crippen LogP contribution is -2.29. The maximum Gasteiger partial charge on any atom is 0.490 e. The van der Waals surface area contributed by atoms with Gasteiger partial charge in [0.2, 0.25) is 5.91 Å². The van der Waals surface area contributed by atoms with Gasteiger partial charge in [0.05, 0.1) is 26.4 Å². The first-order valence-electron chi connectivity index (χ1n) is 18.3. The maximum atomic E-state index is 12.5. The molecule has 0 saturated carbocycles. The molecule has 2 heterocycles. The summed E-state index contributed by atoms with van der Waals surface area (Å²) in [4.78, 5) is 75.6. The number of carbonyl (C=O) groups is 2. The molecule has 1 aromatic heterocycles. The second kappa shape index (κ2) is 24.2. The van der Waals surface area contributed by atoms with Crippen molar-refractivity contribution in [3.8, 4) is 5.75 Å². The van der Waals surface area contributed by atoms with Crippen LogP contribution in [0.25, 0.3) is 11.0 Å². The third-order valence-electron chi connectivity index (χ3n) is 8.09. The standard InChI is InChI=1S/C31H50BN3O19P4/c1-47-24-11-10-23-20-26(31(38)51-27(23)21-24)30(37)34-16-7-5-9-18-48-19-14-29(36)33-15-6-3-2-4-8-17-35-55(39,40)52-57(43,44)54-58(45,46)53-56(41,42)49-22-25-12-13-28(32)50-25/h10-11,20-21,25,28H,2-9,12-19,22H2,1H3,(H,33,36)(H,34,37)(H,41,42)(H,43,44)(H,45,46)(H2,35,39,40)/t25-,28+/m0/s1. The van der Waals surface area contributed by atoms with Crippen molar-refractivity contribution >= 4 is 61.8 Å². The Morgan fingerprint density at radius 3 is 2.14 bits per heavy atom. The summed E-state index contributed by atoms with van der Waals surface area (Å²) in [5.41, 5.74) is -0.495. The van der Waals surface area contributed by atoms with Crippen LogP contribution in [0.3, 0.4) is 0 Å². The Bertz CT molecular complexity index is 1900. The fourth-order valence-electron chi connectivity index (χ4n) is 5.28. The molecule has 58 heavy (non-hydrogen) atoms. The highest BCUT2D eigenvalue weighted by atomic mass is 31.3. The van der Waals surface area contributed by atoms with Crippen LogP contribution < -0.4 is 26.1 Å². The number of phosphoric acid groups is 3. The van der Waals surface area contributed by atoms with Gasteiger partial charge >= 0.3 is 36.8 Å². The normalized spacial score (nSPS) is 19.7. The third kappa shape index (κ3) is 19.9. The van der Waals surface area contributed by atoms with Gasteiger partial charge in [-0.15, -0.1) is 0 Å². The van der Waals surface area contributed by atoms with Crippen molar-refractivity contribution in [2.24, 2.45) is 0 Å². The Morgan fingerprint density at radius 2 is 1.45 bits per heavy atom. The van der Waals surface area contributed by atoms with Gasteiger partial charge in [0.15, 0.2) is 0 Å². The predicted octanol–water partition coefficient (Wildman–Crippen LogP) is 3.91. The van der Waals surface area contributed by atoms with Gasteiger partial charge in [-0.1, -0.05) is 19.3 Å². The minimum absolute atomic E-state index is 0.0809. The number of amides is 2. The van der Waals surface area contributed by atoms with Crippen molar-refractivity contribution in [2.45, 2.75) is 82.7 Å². The van der Waals surface area contributed by atoms with Gasteiger partial charge < -0.3 is 48.8 Å². The van der Waals surface area contributed by atoms with Gasteiger partial charge in [0.1, 0.15) is 24.7 Å². The molecule has 0 bridgehead atoms. The highest BCUT2D eigenvalue weighted by molar-refractivity contribution is 7.70. The topological polar surface area (TPSA) is 314 Å². The third-order valence-corrected chi connectivity index (χ3v) is 14.2. The fraction of sp³-hybridized carbons (Fsp3) is 0.645. The SMILES string of the molecule is [B][C@H]1CC[C@@H](COP(=O)(O)OP(=O)(O)OP(=O)(O)OP(=O)(O)NCCCCCCCNC(=O)CCOCCCCCNC(=O)c2cc3ccc(OC)cc3oc2=O)O1. The van der Waals surface area contributed by atoms with E-state index in [9.17, 15) is 52.2 Å². The van der Waals surface area contributed by atoms with Gasteiger partial charge in [-0.2, -0.15) is 12.9 Å². The van der Waals surface area contributed by atoms with Crippen molar-refractivity contribution < 1.29 is 83.5 Å². The monoisotopic (exact) mass is 903 g/mol. The average molecular weight is 903 g/mol. The Morgan fingerprint density at radius 1 is 0.810 bits per heavy atom. The van der Waals surface area contributed by atoms with E-state index in [1.807, 2.05) is 5.09 Å². The van der Waals surface area contributed by atoms with Crippen LogP contribution >= 0.6 is 31.2 Å². The van der Waals surface area contributed by atoms with Crippen LogP contribution in [0.2, 0.25) is 0 Å². The zero-order valence-corrected chi connectivity index (χ0v) is 35.3. The summed E-state index contributed by atoms with van der Waals surface area (Å²) in [6, 6.07) is 5.83. The number of benzene rings is 1. The molecule has 3 rings (SSSR count). The smallest absolute Gasteiger partial charge is 0.490 e. The average Bonchev–Trinajstić information content (AvgIpc) is 3.55. The molecule has 0 aliphatic carbocycles. The van der Waals surface area contributed by atoms with Crippen LogP contribution in [0.1, 0.15) is 81.0 Å². The molecule has 326 valence electrons. The molecule has 0 spiro atoms. The van der Waals surface area contributed by atoms with Crippen molar-refractivity contribution in [2.75, 3.05) is 46.6 Å². The first kappa shape index (κ1) is 50.1. The number of fused-ring (bicyclic) bond motifs is 1. The van der Waals surface area contributed by atoms with Gasteiger partial charge in [-0.3, -0.25) is 14.1 Å². The van der Waals surface area contributed by atoms with Crippen molar-refractivity contribution in [1.29, 1.82) is 0 Å². The van der Waals surface area contributed by atoms with Crippen LogP contribution in [0.5, 0.6) is 5.75 Å². The largest absolute Gasteiger partial charge is 0.497 e. The molecule has 27 heteroatoms. The van der Waals surface area contributed by atoms with Gasteiger partial charge in [0.25, 0.3) is 5.91 Å².